The van der Waals surface area contributed by atoms with Gasteiger partial charge in [-0.25, -0.2) is 0 Å². The molecule has 0 aromatic heterocycles. The maximum Gasteiger partial charge on any atom is 0.416 e. The van der Waals surface area contributed by atoms with Gasteiger partial charge < -0.3 is 24.4 Å². The van der Waals surface area contributed by atoms with E-state index >= 15 is 0 Å². The van der Waals surface area contributed by atoms with Gasteiger partial charge in [-0.1, -0.05) is 43.9 Å². The summed E-state index contributed by atoms with van der Waals surface area (Å²) in [5.41, 5.74) is 0.587. The average molecular weight is 690 g/mol. The molecule has 3 heterocycles. The number of likely N-dealkylation sites (tertiary alicyclic amines) is 2. The number of benzene rings is 1. The van der Waals surface area contributed by atoms with Gasteiger partial charge in [-0.15, -0.1) is 0 Å². The van der Waals surface area contributed by atoms with Crippen LogP contribution in [0.15, 0.2) is 30.4 Å². The Labute approximate surface area is 289 Å². The van der Waals surface area contributed by atoms with Crippen molar-refractivity contribution in [2.24, 2.45) is 23.7 Å². The molecule has 0 bridgehead atoms. The molecule has 8 nitrogen and oxygen atoms in total. The fraction of sp³-hybridized carbons (Fsp3) is 0.737. The van der Waals surface area contributed by atoms with Crippen molar-refractivity contribution in [3.05, 3.63) is 41.5 Å². The number of carboxylic acid groups (broad SMARTS) is 1. The van der Waals surface area contributed by atoms with E-state index in [2.05, 4.69) is 17.1 Å². The number of hydrogen-bond donors (Lipinski definition) is 1. The van der Waals surface area contributed by atoms with Crippen molar-refractivity contribution in [1.82, 2.24) is 9.80 Å². The van der Waals surface area contributed by atoms with Gasteiger partial charge in [0.2, 0.25) is 5.91 Å². The summed E-state index contributed by atoms with van der Waals surface area (Å²) in [7, 11) is 3.38. The number of ether oxygens (including phenoxy) is 2. The molecular formula is C38H54F3N3O5. The lowest BCUT2D eigenvalue weighted by atomic mass is 9.77. The topological polar surface area (TPSA) is 82.5 Å². The third-order valence-electron chi connectivity index (χ3n) is 12.3. The lowest BCUT2D eigenvalue weighted by Crippen LogP contribution is -2.45. The van der Waals surface area contributed by atoms with E-state index < -0.39 is 23.6 Å². The summed E-state index contributed by atoms with van der Waals surface area (Å²) in [6.07, 6.45) is 10.7. The molecular weight excluding hydrogens is 635 g/mol. The Morgan fingerprint density at radius 1 is 0.918 bits per heavy atom. The number of halogens is 3. The predicted octanol–water partition coefficient (Wildman–Crippen LogP) is 6.59. The lowest BCUT2D eigenvalue weighted by Gasteiger charge is -2.35. The second-order valence-electron chi connectivity index (χ2n) is 15.2. The summed E-state index contributed by atoms with van der Waals surface area (Å²) >= 11 is 0. The van der Waals surface area contributed by atoms with Crippen molar-refractivity contribution in [1.29, 1.82) is 0 Å². The standard InChI is InChI=1S/C38H54F3N3O5/c1-48-24-30-19-27(32-14-11-28(38(39,40)41)20-35(32)42-17-15-26(16-18-42)37(46)47)21-44(30)36(45)34-23-43(29-7-5-3-4-6-8-29)22-33(34)25-9-12-31(49-2)13-10-25/h9,11-12,14,20,25-27,29-31,33-34H,3-8,10,13,15-19,21-24H2,1-2H3,(H,46,47)/t25?,27-,30+,31?,33+,34-/m1/s1. The van der Waals surface area contributed by atoms with Crippen LogP contribution < -0.4 is 4.90 Å². The lowest BCUT2D eigenvalue weighted by molar-refractivity contribution is -0.142. The number of allylic oxidation sites excluding steroid dienone is 1. The molecule has 1 aromatic carbocycles. The first-order chi connectivity index (χ1) is 23.6. The molecule has 49 heavy (non-hydrogen) atoms. The minimum absolute atomic E-state index is 0.114. The Morgan fingerprint density at radius 2 is 1.65 bits per heavy atom. The Balaban J connectivity index is 1.27. The van der Waals surface area contributed by atoms with Crippen LogP contribution in [0.4, 0.5) is 18.9 Å². The van der Waals surface area contributed by atoms with Crippen LogP contribution in [0.2, 0.25) is 0 Å². The number of hydrogen-bond acceptors (Lipinski definition) is 6. The molecule has 3 saturated heterocycles. The molecule has 6 rings (SSSR count). The first-order valence-electron chi connectivity index (χ1n) is 18.5. The van der Waals surface area contributed by atoms with Crippen molar-refractivity contribution < 1.29 is 37.3 Å². The number of carbonyl (C=O) groups excluding carboxylic acids is 1. The van der Waals surface area contributed by atoms with Crippen molar-refractivity contribution in [2.45, 2.75) is 101 Å². The van der Waals surface area contributed by atoms with Gasteiger partial charge in [0.1, 0.15) is 0 Å². The molecule has 1 amide bonds. The first kappa shape index (κ1) is 36.2. The van der Waals surface area contributed by atoms with E-state index in [-0.39, 0.29) is 35.8 Å². The van der Waals surface area contributed by atoms with Gasteiger partial charge in [-0.3, -0.25) is 14.5 Å². The number of methoxy groups -OCH3 is 2. The van der Waals surface area contributed by atoms with Crippen LogP contribution in [-0.4, -0.2) is 98.5 Å². The second kappa shape index (κ2) is 15.7. The van der Waals surface area contributed by atoms with Gasteiger partial charge in [0, 0.05) is 64.6 Å². The Kier molecular flexibility index (Phi) is 11.6. The van der Waals surface area contributed by atoms with Crippen molar-refractivity contribution in [3.63, 3.8) is 0 Å². The first-order valence-corrected chi connectivity index (χ1v) is 18.5. The SMILES string of the molecule is COC[C@@H]1C[C@@H](c2ccc(C(F)(F)F)cc2N2CCC(C(=O)O)CC2)CN1C(=O)[C@@H]1CN(C2CCCCCC2)C[C@H]1C1C=CC(OC)CC1. The smallest absolute Gasteiger partial charge is 0.416 e. The maximum atomic E-state index is 14.8. The molecule has 272 valence electrons. The fourth-order valence-corrected chi connectivity index (χ4v) is 9.53. The van der Waals surface area contributed by atoms with Crippen LogP contribution in [-0.2, 0) is 25.2 Å². The molecule has 3 aliphatic heterocycles. The van der Waals surface area contributed by atoms with Crippen molar-refractivity contribution in [3.8, 4) is 0 Å². The van der Waals surface area contributed by atoms with Gasteiger partial charge in [0.05, 0.1) is 36.2 Å². The van der Waals surface area contributed by atoms with E-state index in [1.807, 2.05) is 9.80 Å². The highest BCUT2D eigenvalue weighted by atomic mass is 19.4. The van der Waals surface area contributed by atoms with E-state index in [1.165, 1.54) is 44.6 Å². The monoisotopic (exact) mass is 689 g/mol. The number of nitrogens with zero attached hydrogens (tertiary/aromatic N) is 3. The van der Waals surface area contributed by atoms with Gasteiger partial charge in [0.15, 0.2) is 0 Å². The summed E-state index contributed by atoms with van der Waals surface area (Å²) in [6.45, 7) is 3.20. The molecule has 2 unspecified atom stereocenters. The molecule has 0 radical (unpaired) electrons. The van der Waals surface area contributed by atoms with Gasteiger partial charge >= 0.3 is 12.1 Å². The Hall–Kier alpha value is -2.63. The van der Waals surface area contributed by atoms with E-state index in [9.17, 15) is 27.9 Å². The van der Waals surface area contributed by atoms with Crippen LogP contribution in [0, 0.1) is 23.7 Å². The number of amides is 1. The summed E-state index contributed by atoms with van der Waals surface area (Å²) < 4.78 is 53.1. The molecule has 1 N–H and O–H groups in total. The second-order valence-corrected chi connectivity index (χ2v) is 15.2. The zero-order valence-electron chi connectivity index (χ0n) is 29.1. The van der Waals surface area contributed by atoms with Crippen LogP contribution in [0.25, 0.3) is 0 Å². The number of anilines is 1. The molecule has 1 aromatic rings. The van der Waals surface area contributed by atoms with Crippen LogP contribution >= 0.6 is 0 Å². The molecule has 1 saturated carbocycles. The number of alkyl halides is 3. The predicted molar refractivity (Wildman–Crippen MR) is 181 cm³/mol. The van der Waals surface area contributed by atoms with Crippen LogP contribution in [0.3, 0.4) is 0 Å². The van der Waals surface area contributed by atoms with Gasteiger partial charge in [-0.2, -0.15) is 13.2 Å². The van der Waals surface area contributed by atoms with E-state index in [0.29, 0.717) is 63.2 Å². The van der Waals surface area contributed by atoms with E-state index in [1.54, 1.807) is 20.3 Å². The van der Waals surface area contributed by atoms with Crippen LogP contribution in [0.1, 0.15) is 87.7 Å². The van der Waals surface area contributed by atoms with Crippen LogP contribution in [0.5, 0.6) is 0 Å². The summed E-state index contributed by atoms with van der Waals surface area (Å²) in [4.78, 5) is 33.0. The maximum absolute atomic E-state index is 14.8. The molecule has 0 spiro atoms. The number of carbonyl (C=O) groups is 2. The Morgan fingerprint density at radius 3 is 2.27 bits per heavy atom. The highest BCUT2D eigenvalue weighted by Gasteiger charge is 2.48. The van der Waals surface area contributed by atoms with Gasteiger partial charge in [-0.05, 0) is 74.5 Å². The summed E-state index contributed by atoms with van der Waals surface area (Å²) in [6, 6.07) is 4.30. The quantitative estimate of drug-likeness (QED) is 0.232. The van der Waals surface area contributed by atoms with Crippen molar-refractivity contribution >= 4 is 17.6 Å². The number of aliphatic carboxylic acids is 1. The van der Waals surface area contributed by atoms with Crippen molar-refractivity contribution in [2.75, 3.05) is 58.5 Å². The average Bonchev–Trinajstić information content (AvgIpc) is 3.63. The minimum Gasteiger partial charge on any atom is -0.481 e. The normalized spacial score (nSPS) is 31.0. The third kappa shape index (κ3) is 8.14. The highest BCUT2D eigenvalue weighted by Crippen LogP contribution is 2.44. The number of carboxylic acids is 1. The molecule has 11 heteroatoms. The largest absolute Gasteiger partial charge is 0.481 e. The Bertz CT molecular complexity index is 1320. The zero-order valence-corrected chi connectivity index (χ0v) is 29.1. The minimum atomic E-state index is -4.50. The fourth-order valence-electron chi connectivity index (χ4n) is 9.53. The molecule has 4 fully saturated rings. The van der Waals surface area contributed by atoms with E-state index in [0.717, 1.165) is 37.6 Å². The highest BCUT2D eigenvalue weighted by molar-refractivity contribution is 5.81. The zero-order chi connectivity index (χ0) is 34.7. The molecule has 5 aliphatic rings. The molecule has 2 aliphatic carbocycles. The number of piperidine rings is 1. The molecule has 6 atom stereocenters. The van der Waals surface area contributed by atoms with Gasteiger partial charge in [0.25, 0.3) is 0 Å². The third-order valence-corrected chi connectivity index (χ3v) is 12.3. The summed E-state index contributed by atoms with van der Waals surface area (Å²) in [5, 5.41) is 9.52. The number of rotatable bonds is 9. The van der Waals surface area contributed by atoms with E-state index in [4.69, 9.17) is 9.47 Å². The summed E-state index contributed by atoms with van der Waals surface area (Å²) in [5.74, 6) is -1.03.